The summed E-state index contributed by atoms with van der Waals surface area (Å²) in [4.78, 5) is 23.5. The minimum atomic E-state index is -0.648. The molecule has 0 bridgehead atoms. The van der Waals surface area contributed by atoms with Crippen molar-refractivity contribution in [2.24, 2.45) is 17.6 Å². The molecule has 1 aliphatic carbocycles. The lowest BCUT2D eigenvalue weighted by molar-refractivity contribution is -0.146. The molecule has 6 heteroatoms. The maximum atomic E-state index is 11.9. The van der Waals surface area contributed by atoms with Crippen molar-refractivity contribution in [2.75, 3.05) is 7.11 Å². The highest BCUT2D eigenvalue weighted by Crippen LogP contribution is 2.27. The Bertz CT molecular complexity index is 333. The summed E-state index contributed by atoms with van der Waals surface area (Å²) >= 11 is 0. The van der Waals surface area contributed by atoms with E-state index < -0.39 is 18.1 Å². The van der Waals surface area contributed by atoms with Crippen molar-refractivity contribution in [1.29, 1.82) is 0 Å². The molecule has 4 atom stereocenters. The van der Waals surface area contributed by atoms with E-state index in [0.29, 0.717) is 0 Å². The molecule has 4 N–H and O–H groups in total. The zero-order valence-electron chi connectivity index (χ0n) is 11.8. The van der Waals surface area contributed by atoms with E-state index in [9.17, 15) is 14.7 Å². The Labute approximate surface area is 113 Å². The van der Waals surface area contributed by atoms with Crippen LogP contribution in [0.2, 0.25) is 0 Å². The maximum Gasteiger partial charge on any atom is 0.328 e. The fraction of sp³-hybridized carbons (Fsp3) is 0.846. The fourth-order valence-corrected chi connectivity index (χ4v) is 2.42. The minimum Gasteiger partial charge on any atom is -0.467 e. The molecule has 1 aliphatic rings. The molecule has 0 aliphatic heterocycles. The smallest absolute Gasteiger partial charge is 0.328 e. The van der Waals surface area contributed by atoms with Gasteiger partial charge in [-0.25, -0.2) is 4.79 Å². The predicted octanol–water partition coefficient (Wildman–Crippen LogP) is -0.211. The van der Waals surface area contributed by atoms with Crippen LogP contribution in [-0.2, 0) is 14.3 Å². The number of rotatable bonds is 5. The second-order valence-electron chi connectivity index (χ2n) is 5.51. The third-order valence-electron chi connectivity index (χ3n) is 3.68. The van der Waals surface area contributed by atoms with Crippen molar-refractivity contribution in [1.82, 2.24) is 5.32 Å². The van der Waals surface area contributed by atoms with Crippen LogP contribution in [0.25, 0.3) is 0 Å². The Kier molecular flexibility index (Phi) is 5.75. The third kappa shape index (κ3) is 4.18. The van der Waals surface area contributed by atoms with Gasteiger partial charge in [0, 0.05) is 12.5 Å². The first-order chi connectivity index (χ1) is 8.86. The quantitative estimate of drug-likeness (QED) is 0.601. The van der Waals surface area contributed by atoms with Crippen molar-refractivity contribution in [2.45, 2.75) is 51.3 Å². The lowest BCUT2D eigenvalue weighted by Crippen LogP contribution is -2.46. The number of esters is 1. The van der Waals surface area contributed by atoms with Crippen LogP contribution < -0.4 is 11.1 Å². The molecule has 19 heavy (non-hydrogen) atoms. The minimum absolute atomic E-state index is 0.0489. The highest BCUT2D eigenvalue weighted by molar-refractivity contribution is 5.84. The van der Waals surface area contributed by atoms with Gasteiger partial charge in [0.1, 0.15) is 6.04 Å². The Morgan fingerprint density at radius 1 is 1.42 bits per heavy atom. The number of aliphatic hydroxyl groups is 1. The number of carbonyl (C=O) groups is 2. The van der Waals surface area contributed by atoms with Gasteiger partial charge >= 0.3 is 5.97 Å². The van der Waals surface area contributed by atoms with E-state index in [4.69, 9.17) is 5.73 Å². The number of amides is 1. The molecule has 110 valence electrons. The maximum absolute atomic E-state index is 11.9. The van der Waals surface area contributed by atoms with E-state index in [1.165, 1.54) is 7.11 Å². The summed E-state index contributed by atoms with van der Waals surface area (Å²) in [6.07, 6.45) is 1.01. The van der Waals surface area contributed by atoms with Crippen LogP contribution in [0.15, 0.2) is 0 Å². The summed E-state index contributed by atoms with van der Waals surface area (Å²) in [7, 11) is 1.30. The summed E-state index contributed by atoms with van der Waals surface area (Å²) in [6, 6.07) is -0.899. The van der Waals surface area contributed by atoms with E-state index >= 15 is 0 Å². The van der Waals surface area contributed by atoms with E-state index in [1.54, 1.807) is 0 Å². The first-order valence-corrected chi connectivity index (χ1v) is 6.67. The summed E-state index contributed by atoms with van der Waals surface area (Å²) in [6.45, 7) is 3.67. The van der Waals surface area contributed by atoms with Gasteiger partial charge < -0.3 is 20.9 Å². The molecule has 1 saturated carbocycles. The van der Waals surface area contributed by atoms with Crippen LogP contribution in [0.3, 0.4) is 0 Å². The van der Waals surface area contributed by atoms with E-state index in [0.717, 1.165) is 12.8 Å². The zero-order chi connectivity index (χ0) is 14.6. The second-order valence-corrected chi connectivity index (χ2v) is 5.51. The van der Waals surface area contributed by atoms with E-state index in [2.05, 4.69) is 10.1 Å². The van der Waals surface area contributed by atoms with Gasteiger partial charge in [0.05, 0.1) is 13.2 Å². The van der Waals surface area contributed by atoms with Crippen molar-refractivity contribution < 1.29 is 19.4 Å². The number of methoxy groups -OCH3 is 1. The van der Waals surface area contributed by atoms with Crippen LogP contribution in [0, 0.1) is 11.8 Å². The highest BCUT2D eigenvalue weighted by atomic mass is 16.5. The molecule has 1 rings (SSSR count). The van der Waals surface area contributed by atoms with E-state index in [1.807, 2.05) is 13.8 Å². The van der Waals surface area contributed by atoms with Crippen molar-refractivity contribution in [3.8, 4) is 0 Å². The highest BCUT2D eigenvalue weighted by Gasteiger charge is 2.34. The molecule has 0 radical (unpaired) electrons. The Morgan fingerprint density at radius 2 is 2.05 bits per heavy atom. The summed E-state index contributed by atoms with van der Waals surface area (Å²) in [5.74, 6) is -0.873. The topological polar surface area (TPSA) is 102 Å². The molecule has 6 nitrogen and oxygen atoms in total. The zero-order valence-corrected chi connectivity index (χ0v) is 11.8. The van der Waals surface area contributed by atoms with Gasteiger partial charge in [0.15, 0.2) is 0 Å². The predicted molar refractivity (Wildman–Crippen MR) is 70.1 cm³/mol. The molecule has 0 aromatic heterocycles. The molecule has 0 spiro atoms. The van der Waals surface area contributed by atoms with Gasteiger partial charge in [-0.1, -0.05) is 13.8 Å². The molecule has 1 fully saturated rings. The molecule has 0 heterocycles. The monoisotopic (exact) mass is 272 g/mol. The summed E-state index contributed by atoms with van der Waals surface area (Å²) in [5, 5.41) is 12.5. The van der Waals surface area contributed by atoms with Gasteiger partial charge in [-0.05, 0) is 24.7 Å². The van der Waals surface area contributed by atoms with Crippen LogP contribution in [0.1, 0.15) is 33.1 Å². The number of ether oxygens (including phenoxy) is 1. The molecular formula is C13H24N2O4. The number of hydrogen-bond donors (Lipinski definition) is 3. The number of carbonyl (C=O) groups excluding carboxylic acids is 2. The standard InChI is InChI=1S/C13H24N2O4/c1-7(2)11(13(18)19-3)15-10(16)6-8-4-5-9(14)12(8)17/h7-9,11-12,17H,4-6,14H2,1-3H3,(H,15,16)/t8?,9?,11-,12?/m0/s1. The van der Waals surface area contributed by atoms with Crippen LogP contribution >= 0.6 is 0 Å². The first kappa shape index (κ1) is 15.9. The number of nitrogens with one attached hydrogen (secondary N) is 1. The summed E-state index contributed by atoms with van der Waals surface area (Å²) < 4.78 is 4.66. The lowest BCUT2D eigenvalue weighted by atomic mass is 9.99. The van der Waals surface area contributed by atoms with Crippen LogP contribution in [0.5, 0.6) is 0 Å². The van der Waals surface area contributed by atoms with E-state index in [-0.39, 0.29) is 30.2 Å². The number of nitrogens with two attached hydrogens (primary N) is 1. The van der Waals surface area contributed by atoms with Gasteiger partial charge in [-0.3, -0.25) is 4.79 Å². The normalized spacial score (nSPS) is 28.2. The number of aliphatic hydroxyl groups excluding tert-OH is 1. The lowest BCUT2D eigenvalue weighted by Gasteiger charge is -2.22. The van der Waals surface area contributed by atoms with Gasteiger partial charge in [-0.15, -0.1) is 0 Å². The van der Waals surface area contributed by atoms with Crippen LogP contribution in [0.4, 0.5) is 0 Å². The molecule has 0 saturated heterocycles. The summed E-state index contributed by atoms with van der Waals surface area (Å²) in [5.41, 5.74) is 5.71. The van der Waals surface area contributed by atoms with Crippen LogP contribution in [-0.4, -0.2) is 42.3 Å². The van der Waals surface area contributed by atoms with Crippen molar-refractivity contribution >= 4 is 11.9 Å². The fourth-order valence-electron chi connectivity index (χ4n) is 2.42. The van der Waals surface area contributed by atoms with Crippen molar-refractivity contribution in [3.05, 3.63) is 0 Å². The molecule has 0 aromatic carbocycles. The molecular weight excluding hydrogens is 248 g/mol. The molecule has 0 aromatic rings. The molecule has 1 amide bonds. The average molecular weight is 272 g/mol. The number of hydrogen-bond acceptors (Lipinski definition) is 5. The Morgan fingerprint density at radius 3 is 2.47 bits per heavy atom. The SMILES string of the molecule is COC(=O)[C@@H](NC(=O)CC1CCC(N)C1O)C(C)C. The molecule has 3 unspecified atom stereocenters. The van der Waals surface area contributed by atoms with Gasteiger partial charge in [0.25, 0.3) is 0 Å². The van der Waals surface area contributed by atoms with Gasteiger partial charge in [-0.2, -0.15) is 0 Å². The first-order valence-electron chi connectivity index (χ1n) is 6.67. The van der Waals surface area contributed by atoms with Crippen molar-refractivity contribution in [3.63, 3.8) is 0 Å². The van der Waals surface area contributed by atoms with Gasteiger partial charge in [0.2, 0.25) is 5.91 Å². The third-order valence-corrected chi connectivity index (χ3v) is 3.68. The average Bonchev–Trinajstić information content (AvgIpc) is 2.66. The Hall–Kier alpha value is -1.14. The largest absolute Gasteiger partial charge is 0.467 e. The Balaban J connectivity index is 2.51. The second kappa shape index (κ2) is 6.86.